The van der Waals surface area contributed by atoms with Crippen LogP contribution in [0.5, 0.6) is 0 Å². The SMILES string of the molecule is CC(C)(C)c1ccc(N2c3cc(N4c5ccccc5C5(C)CCCCC45C)cc4c3B(c3cc5c(cc3N4c3ccc4c(c3)C(C)(C)CCC4(C)C)C(C)(C)CCC5(C)C)c3ccc4c(c32)-c2ccccc2C4(C)C)c(-c2ccccc2)c1. The highest BCUT2D eigenvalue weighted by Gasteiger charge is 2.59. The van der Waals surface area contributed by atoms with Gasteiger partial charge in [0.1, 0.15) is 0 Å². The first-order valence-corrected chi connectivity index (χ1v) is 31.8. The molecule has 8 aromatic carbocycles. The van der Waals surface area contributed by atoms with Crippen molar-refractivity contribution in [2.75, 3.05) is 14.7 Å². The molecule has 3 heterocycles. The molecule has 0 saturated heterocycles. The Hall–Kier alpha value is -6.78. The van der Waals surface area contributed by atoms with E-state index in [1.54, 1.807) is 0 Å². The lowest BCUT2D eigenvalue weighted by atomic mass is 9.33. The van der Waals surface area contributed by atoms with Crippen LogP contribution in [0.4, 0.5) is 45.5 Å². The average molecular weight is 1090 g/mol. The molecule has 2 atom stereocenters. The van der Waals surface area contributed by atoms with E-state index in [0.29, 0.717) is 0 Å². The van der Waals surface area contributed by atoms with Gasteiger partial charge in [0.2, 0.25) is 0 Å². The molecule has 4 aliphatic carbocycles. The standard InChI is InChI=1S/C79H86BN3/c1-72(2,3)50-31-36-64(54(43-50)49-25-17-16-18-26-49)82-68-46-52(83-65-30-22-21-29-57(65)78(14)37-23-24-38-79(78,83)15)45-67-70(68)80(62-35-34-58-69(71(62)82)53-27-19-20-28-55(53)77(58,12)13)63-47-60-61(76(10,11)42-41-75(60,8)9)48-66(63)81(67)51-32-33-56-59(44-51)74(6,7)40-39-73(56,4)5/h16-22,25-36,43-48H,23-24,37-42H2,1-15H3. The van der Waals surface area contributed by atoms with Crippen molar-refractivity contribution in [2.24, 2.45) is 0 Å². The van der Waals surface area contributed by atoms with E-state index in [1.165, 1.54) is 154 Å². The summed E-state index contributed by atoms with van der Waals surface area (Å²) in [4.78, 5) is 8.47. The summed E-state index contributed by atoms with van der Waals surface area (Å²) < 4.78 is 0. The third-order valence-electron chi connectivity index (χ3n) is 23.3. The minimum atomic E-state index is -0.206. The maximum absolute atomic E-state index is 2.86. The molecule has 0 bridgehead atoms. The van der Waals surface area contributed by atoms with Crippen molar-refractivity contribution in [3.05, 3.63) is 196 Å². The topological polar surface area (TPSA) is 9.72 Å². The zero-order valence-electron chi connectivity index (χ0n) is 52.5. The van der Waals surface area contributed by atoms with Gasteiger partial charge in [-0.15, -0.1) is 0 Å². The number of nitrogens with zero attached hydrogens (tertiary/aromatic N) is 3. The van der Waals surface area contributed by atoms with Crippen molar-refractivity contribution in [1.82, 2.24) is 0 Å². The highest BCUT2D eigenvalue weighted by molar-refractivity contribution is 7.00. The van der Waals surface area contributed by atoms with Crippen molar-refractivity contribution in [2.45, 2.75) is 199 Å². The summed E-state index contributed by atoms with van der Waals surface area (Å²) in [5, 5.41) is 0. The number of benzene rings is 8. The van der Waals surface area contributed by atoms with Gasteiger partial charge in [-0.05, 0) is 193 Å². The van der Waals surface area contributed by atoms with E-state index in [2.05, 4.69) is 270 Å². The van der Waals surface area contributed by atoms with E-state index in [9.17, 15) is 0 Å². The number of fused-ring (bicyclic) bond motifs is 13. The van der Waals surface area contributed by atoms with Crippen LogP contribution in [0.15, 0.2) is 152 Å². The Morgan fingerprint density at radius 2 is 0.988 bits per heavy atom. The van der Waals surface area contributed by atoms with Gasteiger partial charge in [-0.3, -0.25) is 0 Å². The van der Waals surface area contributed by atoms with Crippen molar-refractivity contribution in [3.8, 4) is 22.3 Å². The quantitative estimate of drug-likeness (QED) is 0.163. The van der Waals surface area contributed by atoms with Gasteiger partial charge in [0.15, 0.2) is 0 Å². The monoisotopic (exact) mass is 1090 g/mol. The van der Waals surface area contributed by atoms with Crippen molar-refractivity contribution in [3.63, 3.8) is 0 Å². The second kappa shape index (κ2) is 17.2. The molecule has 0 amide bonds. The van der Waals surface area contributed by atoms with E-state index < -0.39 is 0 Å². The Bertz CT molecular complexity index is 4070. The number of anilines is 8. The first kappa shape index (κ1) is 53.0. The van der Waals surface area contributed by atoms with Crippen molar-refractivity contribution < 1.29 is 0 Å². The normalized spacial score (nSPS) is 23.0. The second-order valence-corrected chi connectivity index (χ2v) is 31.3. The Labute approximate surface area is 497 Å². The predicted molar refractivity (Wildman–Crippen MR) is 356 cm³/mol. The van der Waals surface area contributed by atoms with Crippen LogP contribution >= 0.6 is 0 Å². The number of hydrogen-bond acceptors (Lipinski definition) is 3. The van der Waals surface area contributed by atoms with Gasteiger partial charge in [0.25, 0.3) is 6.71 Å². The van der Waals surface area contributed by atoms with E-state index in [1.807, 2.05) is 0 Å². The molecule has 8 aromatic rings. The third-order valence-corrected chi connectivity index (χ3v) is 23.3. The second-order valence-electron chi connectivity index (χ2n) is 31.3. The summed E-state index contributed by atoms with van der Waals surface area (Å²) in [6.07, 6.45) is 9.44. The van der Waals surface area contributed by atoms with E-state index in [0.717, 1.165) is 25.7 Å². The van der Waals surface area contributed by atoms with Crippen LogP contribution in [-0.2, 0) is 37.9 Å². The van der Waals surface area contributed by atoms with Crippen LogP contribution in [0.1, 0.15) is 200 Å². The van der Waals surface area contributed by atoms with Gasteiger partial charge in [0.05, 0.1) is 11.2 Å². The molecule has 4 heteroatoms. The van der Waals surface area contributed by atoms with Gasteiger partial charge in [-0.1, -0.05) is 213 Å². The first-order valence-electron chi connectivity index (χ1n) is 31.8. The zero-order chi connectivity index (χ0) is 57.9. The molecule has 83 heavy (non-hydrogen) atoms. The van der Waals surface area contributed by atoms with Crippen LogP contribution in [0.3, 0.4) is 0 Å². The van der Waals surface area contributed by atoms with Gasteiger partial charge >= 0.3 is 0 Å². The Balaban J connectivity index is 1.14. The summed E-state index contributed by atoms with van der Waals surface area (Å²) >= 11 is 0. The first-order chi connectivity index (χ1) is 39.3. The summed E-state index contributed by atoms with van der Waals surface area (Å²) in [5.41, 5.74) is 31.1. The number of para-hydroxylation sites is 1. The largest absolute Gasteiger partial charge is 0.334 e. The maximum Gasteiger partial charge on any atom is 0.252 e. The van der Waals surface area contributed by atoms with E-state index in [4.69, 9.17) is 0 Å². The minimum Gasteiger partial charge on any atom is -0.334 e. The molecule has 15 rings (SSSR count). The minimum absolute atomic E-state index is 0.00441. The lowest BCUT2D eigenvalue weighted by Gasteiger charge is -2.51. The molecule has 0 spiro atoms. The molecule has 0 N–H and O–H groups in total. The van der Waals surface area contributed by atoms with Crippen molar-refractivity contribution >= 4 is 68.6 Å². The number of hydrogen-bond donors (Lipinski definition) is 0. The summed E-state index contributed by atoms with van der Waals surface area (Å²) in [6, 6.07) is 61.4. The lowest BCUT2D eigenvalue weighted by molar-refractivity contribution is 0.195. The summed E-state index contributed by atoms with van der Waals surface area (Å²) in [7, 11) is 0. The molecule has 7 aliphatic rings. The van der Waals surface area contributed by atoms with Crippen molar-refractivity contribution in [1.29, 1.82) is 0 Å². The Morgan fingerprint density at radius 1 is 0.398 bits per heavy atom. The molecule has 0 radical (unpaired) electrons. The molecule has 1 saturated carbocycles. The van der Waals surface area contributed by atoms with E-state index >= 15 is 0 Å². The fourth-order valence-electron chi connectivity index (χ4n) is 17.8. The van der Waals surface area contributed by atoms with Gasteiger partial charge in [-0.2, -0.15) is 0 Å². The van der Waals surface area contributed by atoms with Crippen LogP contribution in [0.25, 0.3) is 22.3 Å². The Kier molecular flexibility index (Phi) is 11.0. The molecule has 0 aromatic heterocycles. The highest BCUT2D eigenvalue weighted by Crippen LogP contribution is 2.63. The highest BCUT2D eigenvalue weighted by atomic mass is 15.3. The average Bonchev–Trinajstić information content (AvgIpc) is 1.79. The van der Waals surface area contributed by atoms with Gasteiger partial charge < -0.3 is 14.7 Å². The van der Waals surface area contributed by atoms with Gasteiger partial charge in [0, 0.05) is 61.8 Å². The molecule has 420 valence electrons. The predicted octanol–water partition coefficient (Wildman–Crippen LogP) is 19.5. The van der Waals surface area contributed by atoms with Gasteiger partial charge in [-0.25, -0.2) is 0 Å². The molecular formula is C79H86BN3. The summed E-state index contributed by atoms with van der Waals surface area (Å²) in [6.45, 7) is 37.2. The smallest absolute Gasteiger partial charge is 0.252 e. The van der Waals surface area contributed by atoms with Crippen LogP contribution in [0.2, 0.25) is 0 Å². The summed E-state index contributed by atoms with van der Waals surface area (Å²) in [5.74, 6) is 0. The maximum atomic E-state index is 2.86. The molecule has 1 fully saturated rings. The van der Waals surface area contributed by atoms with Crippen LogP contribution in [-0.4, -0.2) is 12.3 Å². The van der Waals surface area contributed by atoms with Crippen LogP contribution < -0.4 is 31.1 Å². The Morgan fingerprint density at radius 3 is 1.69 bits per heavy atom. The molecule has 3 aliphatic heterocycles. The van der Waals surface area contributed by atoms with Crippen LogP contribution in [0, 0.1) is 0 Å². The third kappa shape index (κ3) is 7.23. The zero-order valence-corrected chi connectivity index (χ0v) is 52.5. The molecular weight excluding hydrogens is 1000 g/mol. The lowest BCUT2D eigenvalue weighted by Crippen LogP contribution is -2.62. The fraction of sp³-hybridized carbons (Fsp3) is 0.392. The molecule has 3 nitrogen and oxygen atoms in total. The molecule has 2 unspecified atom stereocenters. The fourth-order valence-corrected chi connectivity index (χ4v) is 17.8. The van der Waals surface area contributed by atoms with E-state index in [-0.39, 0.29) is 50.2 Å². The number of rotatable bonds is 4.